The predicted molar refractivity (Wildman–Crippen MR) is 55.8 cm³/mol. The predicted octanol–water partition coefficient (Wildman–Crippen LogP) is -0.761. The number of rotatable bonds is 5. The number of carbonyl (C=O) groups is 4. The Morgan fingerprint density at radius 2 is 1.28 bits per heavy atom. The molecule has 1 saturated heterocycles. The maximum atomic E-state index is 11.7. The fraction of sp³-hybridized carbons (Fsp3) is 0.600. The molecule has 18 heavy (non-hydrogen) atoms. The molecule has 0 aliphatic carbocycles. The van der Waals surface area contributed by atoms with Crippen molar-refractivity contribution in [2.24, 2.45) is 5.41 Å². The van der Waals surface area contributed by atoms with Gasteiger partial charge in [0, 0.05) is 13.1 Å². The van der Waals surface area contributed by atoms with Crippen molar-refractivity contribution in [3.63, 3.8) is 0 Å². The maximum absolute atomic E-state index is 11.7. The Kier molecular flexibility index (Phi) is 3.89. The third-order valence-corrected chi connectivity index (χ3v) is 2.97. The van der Waals surface area contributed by atoms with Crippen LogP contribution in [-0.2, 0) is 19.2 Å². The molecule has 8 nitrogen and oxygen atoms in total. The molecule has 0 aromatic carbocycles. The highest BCUT2D eigenvalue weighted by Gasteiger charge is 2.56. The summed E-state index contributed by atoms with van der Waals surface area (Å²) in [6.45, 7) is 0.793. The second kappa shape index (κ2) is 5.03. The van der Waals surface area contributed by atoms with Crippen LogP contribution < -0.4 is 0 Å². The van der Waals surface area contributed by atoms with Gasteiger partial charge in [0.25, 0.3) is 5.41 Å². The molecule has 1 amide bonds. The van der Waals surface area contributed by atoms with Crippen molar-refractivity contribution in [2.75, 3.05) is 13.1 Å². The molecule has 0 radical (unpaired) electrons. The highest BCUT2D eigenvalue weighted by Crippen LogP contribution is 2.26. The molecule has 0 spiro atoms. The molecule has 0 bridgehead atoms. The minimum Gasteiger partial charge on any atom is -0.480 e. The van der Waals surface area contributed by atoms with Gasteiger partial charge in [0.05, 0.1) is 6.42 Å². The number of hydrogen-bond donors (Lipinski definition) is 3. The fourth-order valence-electron chi connectivity index (χ4n) is 1.81. The van der Waals surface area contributed by atoms with Gasteiger partial charge in [-0.15, -0.1) is 0 Å². The van der Waals surface area contributed by atoms with Crippen molar-refractivity contribution in [3.8, 4) is 0 Å². The van der Waals surface area contributed by atoms with Gasteiger partial charge in [-0.2, -0.15) is 0 Å². The number of likely N-dealkylation sites (tertiary alicyclic amines) is 1. The summed E-state index contributed by atoms with van der Waals surface area (Å²) in [6, 6.07) is 0. The summed E-state index contributed by atoms with van der Waals surface area (Å²) < 4.78 is 0. The number of carboxylic acid groups (broad SMARTS) is 3. The van der Waals surface area contributed by atoms with E-state index in [1.807, 2.05) is 0 Å². The lowest BCUT2D eigenvalue weighted by molar-refractivity contribution is -0.178. The minimum atomic E-state index is -3.11. The smallest absolute Gasteiger partial charge is 0.333 e. The van der Waals surface area contributed by atoms with E-state index in [0.717, 1.165) is 12.8 Å². The third-order valence-electron chi connectivity index (χ3n) is 2.97. The highest BCUT2D eigenvalue weighted by atomic mass is 16.4. The standard InChI is InChI=1S/C10H13NO7/c12-6(11-3-1-2-4-11)5-10(7(13)14,8(15)16)9(17)18/h1-5H2,(H,13,14)(H,15,16)(H,17,18). The summed E-state index contributed by atoms with van der Waals surface area (Å²) in [4.78, 5) is 45.8. The van der Waals surface area contributed by atoms with Gasteiger partial charge in [-0.25, -0.2) is 0 Å². The molecule has 100 valence electrons. The van der Waals surface area contributed by atoms with Crippen molar-refractivity contribution in [1.82, 2.24) is 4.90 Å². The van der Waals surface area contributed by atoms with Crippen LogP contribution in [0.4, 0.5) is 0 Å². The first-order chi connectivity index (χ1) is 8.32. The molecule has 1 aliphatic heterocycles. The second-order valence-corrected chi connectivity index (χ2v) is 4.09. The molecule has 1 aliphatic rings. The van der Waals surface area contributed by atoms with E-state index in [1.54, 1.807) is 0 Å². The molecule has 0 atom stereocenters. The Morgan fingerprint density at radius 3 is 1.61 bits per heavy atom. The van der Waals surface area contributed by atoms with Gasteiger partial charge in [-0.05, 0) is 12.8 Å². The van der Waals surface area contributed by atoms with Crippen molar-refractivity contribution in [1.29, 1.82) is 0 Å². The van der Waals surface area contributed by atoms with Crippen LogP contribution in [0.2, 0.25) is 0 Å². The summed E-state index contributed by atoms with van der Waals surface area (Å²) in [5.41, 5.74) is -3.11. The summed E-state index contributed by atoms with van der Waals surface area (Å²) in [5.74, 6) is -6.90. The first-order valence-electron chi connectivity index (χ1n) is 5.30. The first kappa shape index (κ1) is 13.9. The Hall–Kier alpha value is -2.12. The van der Waals surface area contributed by atoms with Gasteiger partial charge in [0.2, 0.25) is 5.91 Å². The Labute approximate surface area is 102 Å². The second-order valence-electron chi connectivity index (χ2n) is 4.09. The van der Waals surface area contributed by atoms with Gasteiger partial charge in [0.1, 0.15) is 0 Å². The number of nitrogens with zero attached hydrogens (tertiary/aromatic N) is 1. The van der Waals surface area contributed by atoms with Gasteiger partial charge >= 0.3 is 17.9 Å². The summed E-state index contributed by atoms with van der Waals surface area (Å²) in [7, 11) is 0. The van der Waals surface area contributed by atoms with E-state index in [9.17, 15) is 19.2 Å². The molecule has 1 fully saturated rings. The topological polar surface area (TPSA) is 132 Å². The van der Waals surface area contributed by atoms with E-state index in [1.165, 1.54) is 4.90 Å². The van der Waals surface area contributed by atoms with Crippen LogP contribution in [0.1, 0.15) is 19.3 Å². The van der Waals surface area contributed by atoms with Gasteiger partial charge in [-0.3, -0.25) is 19.2 Å². The van der Waals surface area contributed by atoms with Gasteiger partial charge in [-0.1, -0.05) is 0 Å². The normalized spacial score (nSPS) is 15.4. The summed E-state index contributed by atoms with van der Waals surface area (Å²) in [6.07, 6.45) is 0.408. The Morgan fingerprint density at radius 1 is 0.889 bits per heavy atom. The zero-order chi connectivity index (χ0) is 13.9. The lowest BCUT2D eigenvalue weighted by atomic mass is 9.84. The van der Waals surface area contributed by atoms with Crippen LogP contribution in [0, 0.1) is 5.41 Å². The van der Waals surface area contributed by atoms with E-state index in [2.05, 4.69) is 0 Å². The third kappa shape index (κ3) is 2.27. The minimum absolute atomic E-state index is 0.397. The average molecular weight is 259 g/mol. The van der Waals surface area contributed by atoms with E-state index in [-0.39, 0.29) is 0 Å². The van der Waals surface area contributed by atoms with Crippen LogP contribution in [0.15, 0.2) is 0 Å². The molecule has 0 aromatic rings. The molecule has 1 rings (SSSR count). The summed E-state index contributed by atoms with van der Waals surface area (Å²) in [5, 5.41) is 26.5. The van der Waals surface area contributed by atoms with Crippen LogP contribution in [0.25, 0.3) is 0 Å². The van der Waals surface area contributed by atoms with Crippen LogP contribution in [0.3, 0.4) is 0 Å². The van der Waals surface area contributed by atoms with Gasteiger partial charge in [0.15, 0.2) is 0 Å². The van der Waals surface area contributed by atoms with Crippen LogP contribution in [0.5, 0.6) is 0 Å². The quantitative estimate of drug-likeness (QED) is 0.552. The van der Waals surface area contributed by atoms with Crippen molar-refractivity contribution < 1.29 is 34.5 Å². The molecule has 0 unspecified atom stereocenters. The van der Waals surface area contributed by atoms with E-state index >= 15 is 0 Å². The van der Waals surface area contributed by atoms with Crippen molar-refractivity contribution in [2.45, 2.75) is 19.3 Å². The Balaban J connectivity index is 2.97. The molecule has 0 aromatic heterocycles. The van der Waals surface area contributed by atoms with E-state index in [0.29, 0.717) is 13.1 Å². The molecule has 3 N–H and O–H groups in total. The number of amides is 1. The SMILES string of the molecule is O=C(CC(C(=O)O)(C(=O)O)C(=O)O)N1CCCC1. The summed E-state index contributed by atoms with van der Waals surface area (Å²) >= 11 is 0. The average Bonchev–Trinajstić information content (AvgIpc) is 2.77. The zero-order valence-electron chi connectivity index (χ0n) is 9.46. The lowest BCUT2D eigenvalue weighted by Gasteiger charge is -2.23. The monoisotopic (exact) mass is 259 g/mol. The first-order valence-corrected chi connectivity index (χ1v) is 5.30. The zero-order valence-corrected chi connectivity index (χ0v) is 9.46. The molecule has 0 saturated carbocycles. The molecule has 8 heteroatoms. The highest BCUT2D eigenvalue weighted by molar-refractivity contribution is 6.18. The number of carbonyl (C=O) groups excluding carboxylic acids is 1. The largest absolute Gasteiger partial charge is 0.480 e. The van der Waals surface area contributed by atoms with E-state index in [4.69, 9.17) is 15.3 Å². The van der Waals surface area contributed by atoms with Gasteiger partial charge < -0.3 is 20.2 Å². The van der Waals surface area contributed by atoms with Crippen molar-refractivity contribution in [3.05, 3.63) is 0 Å². The molecule has 1 heterocycles. The molecular formula is C10H13NO7. The number of hydrogen-bond acceptors (Lipinski definition) is 4. The van der Waals surface area contributed by atoms with Crippen LogP contribution >= 0.6 is 0 Å². The fourth-order valence-corrected chi connectivity index (χ4v) is 1.81. The van der Waals surface area contributed by atoms with E-state index < -0.39 is 35.7 Å². The molecular weight excluding hydrogens is 246 g/mol. The lowest BCUT2D eigenvalue weighted by Crippen LogP contribution is -2.49. The van der Waals surface area contributed by atoms with Crippen LogP contribution in [-0.4, -0.2) is 57.1 Å². The maximum Gasteiger partial charge on any atom is 0.333 e. The Bertz CT molecular complexity index is 361. The number of aliphatic carboxylic acids is 3. The van der Waals surface area contributed by atoms with Crippen molar-refractivity contribution >= 4 is 23.8 Å². The number of carboxylic acids is 3.